The maximum absolute atomic E-state index is 13.4. The van der Waals surface area contributed by atoms with Crippen LogP contribution in [0.1, 0.15) is 51.0 Å². The molecule has 1 atom stereocenters. The van der Waals surface area contributed by atoms with Crippen molar-refractivity contribution in [3.63, 3.8) is 0 Å². The first kappa shape index (κ1) is 16.4. The normalized spacial score (nSPS) is 27.2. The summed E-state index contributed by atoms with van der Waals surface area (Å²) in [5.41, 5.74) is 6.44. The van der Waals surface area contributed by atoms with E-state index in [4.69, 9.17) is 5.73 Å². The molecule has 0 spiro atoms. The minimum atomic E-state index is -0.466. The molecule has 3 nitrogen and oxygen atoms in total. The lowest BCUT2D eigenvalue weighted by atomic mass is 9.68. The summed E-state index contributed by atoms with van der Waals surface area (Å²) in [6, 6.07) is 6.56. The van der Waals surface area contributed by atoms with Crippen molar-refractivity contribution >= 4 is 5.91 Å². The van der Waals surface area contributed by atoms with Gasteiger partial charge < -0.3 is 10.6 Å². The Kier molecular flexibility index (Phi) is 4.45. The summed E-state index contributed by atoms with van der Waals surface area (Å²) in [5.74, 6) is -0.0231. The fourth-order valence-corrected chi connectivity index (χ4v) is 4.22. The Labute approximate surface area is 138 Å². The zero-order chi connectivity index (χ0) is 16.5. The fourth-order valence-electron chi connectivity index (χ4n) is 4.22. The third kappa shape index (κ3) is 3.01. The molecule has 0 bridgehead atoms. The van der Waals surface area contributed by atoms with E-state index in [9.17, 15) is 9.18 Å². The summed E-state index contributed by atoms with van der Waals surface area (Å²) in [4.78, 5) is 15.4. The Hall–Kier alpha value is -1.42. The van der Waals surface area contributed by atoms with Crippen molar-refractivity contribution in [1.29, 1.82) is 0 Å². The quantitative estimate of drug-likeness (QED) is 0.930. The number of amides is 1. The average molecular weight is 318 g/mol. The smallest absolute Gasteiger partial charge is 0.233 e. The summed E-state index contributed by atoms with van der Waals surface area (Å²) in [7, 11) is 0. The molecular weight excluding hydrogens is 291 g/mol. The van der Waals surface area contributed by atoms with Crippen LogP contribution in [-0.2, 0) is 10.2 Å². The van der Waals surface area contributed by atoms with Gasteiger partial charge in [0.25, 0.3) is 0 Å². The van der Waals surface area contributed by atoms with Crippen LogP contribution in [0.4, 0.5) is 4.39 Å². The number of benzene rings is 1. The molecule has 0 radical (unpaired) electrons. The third-order valence-corrected chi connectivity index (χ3v) is 5.85. The van der Waals surface area contributed by atoms with Gasteiger partial charge in [-0.2, -0.15) is 0 Å². The number of carbonyl (C=O) groups is 1. The van der Waals surface area contributed by atoms with Crippen LogP contribution < -0.4 is 5.73 Å². The van der Waals surface area contributed by atoms with E-state index in [-0.39, 0.29) is 17.1 Å². The molecular formula is C19H27FN2O. The average Bonchev–Trinajstić information content (AvgIpc) is 2.98. The van der Waals surface area contributed by atoms with E-state index in [1.165, 1.54) is 18.6 Å². The van der Waals surface area contributed by atoms with Gasteiger partial charge >= 0.3 is 0 Å². The molecule has 1 aliphatic heterocycles. The van der Waals surface area contributed by atoms with Gasteiger partial charge in [-0.1, -0.05) is 38.3 Å². The van der Waals surface area contributed by atoms with E-state index >= 15 is 0 Å². The zero-order valence-electron chi connectivity index (χ0n) is 14.0. The highest BCUT2D eigenvalue weighted by molar-refractivity contribution is 5.88. The van der Waals surface area contributed by atoms with Crippen LogP contribution in [0.15, 0.2) is 24.3 Å². The Bertz CT molecular complexity index is 565. The Morgan fingerprint density at radius 3 is 2.39 bits per heavy atom. The van der Waals surface area contributed by atoms with Gasteiger partial charge in [0.05, 0.1) is 5.41 Å². The van der Waals surface area contributed by atoms with Crippen LogP contribution in [0.5, 0.6) is 0 Å². The van der Waals surface area contributed by atoms with Crippen molar-refractivity contribution in [3.05, 3.63) is 35.6 Å². The number of likely N-dealkylation sites (tertiary alicyclic amines) is 1. The van der Waals surface area contributed by atoms with E-state index in [2.05, 4.69) is 6.92 Å². The molecule has 1 aliphatic carbocycles. The number of carbonyl (C=O) groups excluding carboxylic acids is 1. The second kappa shape index (κ2) is 6.23. The van der Waals surface area contributed by atoms with Crippen LogP contribution in [0, 0.1) is 11.2 Å². The van der Waals surface area contributed by atoms with Gasteiger partial charge in [-0.05, 0) is 48.9 Å². The second-order valence-electron chi connectivity index (χ2n) is 7.64. The lowest BCUT2D eigenvalue weighted by Gasteiger charge is -2.39. The van der Waals surface area contributed by atoms with Gasteiger partial charge in [-0.25, -0.2) is 4.39 Å². The monoisotopic (exact) mass is 318 g/mol. The lowest BCUT2D eigenvalue weighted by molar-refractivity contribution is -0.138. The molecule has 1 saturated heterocycles. The number of hydrogen-bond acceptors (Lipinski definition) is 2. The topological polar surface area (TPSA) is 46.3 Å². The fraction of sp³-hybridized carbons (Fsp3) is 0.632. The van der Waals surface area contributed by atoms with Gasteiger partial charge in [0.2, 0.25) is 5.91 Å². The van der Waals surface area contributed by atoms with E-state index in [0.29, 0.717) is 6.54 Å². The van der Waals surface area contributed by atoms with Gasteiger partial charge in [-0.3, -0.25) is 4.79 Å². The van der Waals surface area contributed by atoms with Crippen LogP contribution in [-0.4, -0.2) is 30.4 Å². The number of halogens is 1. The first-order valence-corrected chi connectivity index (χ1v) is 8.75. The highest BCUT2D eigenvalue weighted by atomic mass is 19.1. The molecule has 2 aliphatic rings. The maximum atomic E-state index is 13.4. The Morgan fingerprint density at radius 1 is 1.17 bits per heavy atom. The SMILES string of the molecule is CC1(CN)CCN(C(=O)C2(c3ccc(F)cc3)CCCCC2)C1. The largest absolute Gasteiger partial charge is 0.341 e. The molecule has 1 amide bonds. The van der Waals surface area contributed by atoms with Crippen molar-refractivity contribution in [2.45, 2.75) is 50.9 Å². The second-order valence-corrected chi connectivity index (χ2v) is 7.64. The molecule has 126 valence electrons. The zero-order valence-corrected chi connectivity index (χ0v) is 14.0. The van der Waals surface area contributed by atoms with Crippen molar-refractivity contribution < 1.29 is 9.18 Å². The van der Waals surface area contributed by atoms with Gasteiger partial charge in [0, 0.05) is 13.1 Å². The highest BCUT2D eigenvalue weighted by Gasteiger charge is 2.46. The minimum Gasteiger partial charge on any atom is -0.341 e. The maximum Gasteiger partial charge on any atom is 0.233 e. The highest BCUT2D eigenvalue weighted by Crippen LogP contribution is 2.43. The first-order valence-electron chi connectivity index (χ1n) is 8.75. The van der Waals surface area contributed by atoms with E-state index in [1.807, 2.05) is 4.90 Å². The summed E-state index contributed by atoms with van der Waals surface area (Å²) < 4.78 is 13.3. The van der Waals surface area contributed by atoms with E-state index < -0.39 is 5.41 Å². The molecule has 3 rings (SSSR count). The molecule has 2 fully saturated rings. The molecule has 1 saturated carbocycles. The number of nitrogens with two attached hydrogens (primary N) is 1. The number of rotatable bonds is 3. The van der Waals surface area contributed by atoms with Crippen LogP contribution in [0.2, 0.25) is 0 Å². The predicted octanol–water partition coefficient (Wildman–Crippen LogP) is 3.22. The number of nitrogens with zero attached hydrogens (tertiary/aromatic N) is 1. The minimum absolute atomic E-state index is 0.0360. The van der Waals surface area contributed by atoms with Crippen LogP contribution in [0.25, 0.3) is 0 Å². The molecule has 1 aromatic carbocycles. The summed E-state index contributed by atoms with van der Waals surface area (Å²) >= 11 is 0. The van der Waals surface area contributed by atoms with Crippen molar-refractivity contribution in [1.82, 2.24) is 4.90 Å². The molecule has 2 N–H and O–H groups in total. The van der Waals surface area contributed by atoms with Crippen LogP contribution >= 0.6 is 0 Å². The summed E-state index contributed by atoms with van der Waals surface area (Å²) in [6.45, 7) is 4.30. The molecule has 1 aromatic rings. The standard InChI is InChI=1S/C19H27FN2O/c1-18(13-21)11-12-22(14-18)17(23)19(9-3-2-4-10-19)15-5-7-16(20)8-6-15/h5-8H,2-4,9-14,21H2,1H3. The molecule has 23 heavy (non-hydrogen) atoms. The molecule has 1 unspecified atom stereocenters. The predicted molar refractivity (Wildman–Crippen MR) is 89.5 cm³/mol. The van der Waals surface area contributed by atoms with Crippen molar-refractivity contribution in [2.75, 3.05) is 19.6 Å². The van der Waals surface area contributed by atoms with Crippen molar-refractivity contribution in [2.24, 2.45) is 11.1 Å². The molecule has 4 heteroatoms. The number of hydrogen-bond donors (Lipinski definition) is 1. The first-order chi connectivity index (χ1) is 11.0. The molecule has 0 aromatic heterocycles. The Balaban J connectivity index is 1.90. The van der Waals surface area contributed by atoms with E-state index in [1.54, 1.807) is 12.1 Å². The third-order valence-electron chi connectivity index (χ3n) is 5.85. The Morgan fingerprint density at radius 2 is 1.83 bits per heavy atom. The molecule has 1 heterocycles. The van der Waals surface area contributed by atoms with Gasteiger partial charge in [0.1, 0.15) is 5.82 Å². The lowest BCUT2D eigenvalue weighted by Crippen LogP contribution is -2.48. The van der Waals surface area contributed by atoms with Gasteiger partial charge in [0.15, 0.2) is 0 Å². The van der Waals surface area contributed by atoms with Crippen LogP contribution in [0.3, 0.4) is 0 Å². The summed E-state index contributed by atoms with van der Waals surface area (Å²) in [5, 5.41) is 0. The van der Waals surface area contributed by atoms with Crippen molar-refractivity contribution in [3.8, 4) is 0 Å². The van der Waals surface area contributed by atoms with Gasteiger partial charge in [-0.15, -0.1) is 0 Å². The van der Waals surface area contributed by atoms with E-state index in [0.717, 1.165) is 50.8 Å². The summed E-state index contributed by atoms with van der Waals surface area (Å²) in [6.07, 6.45) is 6.00.